The molecule has 134 valence electrons. The predicted octanol–water partition coefficient (Wildman–Crippen LogP) is 2.84. The zero-order valence-electron chi connectivity index (χ0n) is 14.6. The number of para-hydroxylation sites is 1. The summed E-state index contributed by atoms with van der Waals surface area (Å²) in [6.45, 7) is 6.06. The normalized spacial score (nSPS) is 18.2. The number of benzene rings is 1. The van der Waals surface area contributed by atoms with Crippen LogP contribution in [-0.2, 0) is 9.53 Å². The number of rotatable bonds is 7. The van der Waals surface area contributed by atoms with Gasteiger partial charge in [0.05, 0.1) is 16.9 Å². The number of aromatic nitrogens is 2. The van der Waals surface area contributed by atoms with Crippen LogP contribution in [0.3, 0.4) is 0 Å². The molecule has 1 saturated heterocycles. The summed E-state index contributed by atoms with van der Waals surface area (Å²) in [5, 5.41) is 7.57. The molecule has 1 aliphatic rings. The average molecular weight is 360 g/mol. The molecule has 1 aliphatic heterocycles. The molecule has 7 heteroatoms. The number of ether oxygens (including phenoxy) is 1. The summed E-state index contributed by atoms with van der Waals surface area (Å²) >= 11 is 1.37. The summed E-state index contributed by atoms with van der Waals surface area (Å²) in [7, 11) is 0. The molecule has 1 aromatic carbocycles. The Morgan fingerprint density at radius 2 is 2.24 bits per heavy atom. The minimum absolute atomic E-state index is 0.0118. The van der Waals surface area contributed by atoms with Gasteiger partial charge in [-0.05, 0) is 38.8 Å². The van der Waals surface area contributed by atoms with E-state index in [0.717, 1.165) is 42.7 Å². The molecule has 0 unspecified atom stereocenters. The number of nitrogens with zero attached hydrogens (tertiary/aromatic N) is 2. The molecule has 0 bridgehead atoms. The van der Waals surface area contributed by atoms with E-state index >= 15 is 0 Å². The van der Waals surface area contributed by atoms with Crippen molar-refractivity contribution in [2.24, 2.45) is 0 Å². The zero-order valence-corrected chi connectivity index (χ0v) is 15.4. The van der Waals surface area contributed by atoms with Crippen molar-refractivity contribution in [1.82, 2.24) is 15.3 Å². The Kier molecular flexibility index (Phi) is 6.09. The van der Waals surface area contributed by atoms with Crippen LogP contribution in [0.4, 0.5) is 5.82 Å². The molecule has 6 nitrogen and oxygen atoms in total. The third-order valence-corrected chi connectivity index (χ3v) is 5.07. The zero-order chi connectivity index (χ0) is 17.6. The Balaban J connectivity index is 1.67. The van der Waals surface area contributed by atoms with Gasteiger partial charge in [-0.25, -0.2) is 9.97 Å². The van der Waals surface area contributed by atoms with Gasteiger partial charge in [-0.2, -0.15) is 0 Å². The van der Waals surface area contributed by atoms with E-state index in [4.69, 9.17) is 4.74 Å². The van der Waals surface area contributed by atoms with Crippen molar-refractivity contribution >= 4 is 34.4 Å². The van der Waals surface area contributed by atoms with Crippen molar-refractivity contribution in [1.29, 1.82) is 0 Å². The summed E-state index contributed by atoms with van der Waals surface area (Å²) in [6.07, 6.45) is 2.24. The lowest BCUT2D eigenvalue weighted by molar-refractivity contribution is -0.120. The highest BCUT2D eigenvalue weighted by Gasteiger charge is 2.20. The molecular formula is C18H24N4O2S. The molecule has 1 amide bonds. The second-order valence-corrected chi connectivity index (χ2v) is 7.35. The van der Waals surface area contributed by atoms with Gasteiger partial charge in [-0.1, -0.05) is 23.9 Å². The Morgan fingerprint density at radius 1 is 1.40 bits per heavy atom. The van der Waals surface area contributed by atoms with E-state index < -0.39 is 0 Å². The highest BCUT2D eigenvalue weighted by molar-refractivity contribution is 8.00. The van der Waals surface area contributed by atoms with Crippen LogP contribution in [0.2, 0.25) is 0 Å². The summed E-state index contributed by atoms with van der Waals surface area (Å²) in [6, 6.07) is 7.89. The second kappa shape index (κ2) is 8.49. The molecule has 0 aliphatic carbocycles. The standard InChI is InChI=1S/C18H24N4O2S/c1-3-19-16-14-8-4-5-9-15(14)21-18(22-16)25-12(2)17(23)20-11-13-7-6-10-24-13/h4-5,8-9,12-13H,3,6-7,10-11H2,1-2H3,(H,20,23)(H,19,21,22)/t12-,13-/m1/s1. The van der Waals surface area contributed by atoms with Gasteiger partial charge in [-0.15, -0.1) is 0 Å². The van der Waals surface area contributed by atoms with Crippen molar-refractivity contribution in [3.05, 3.63) is 24.3 Å². The number of hydrogen-bond acceptors (Lipinski definition) is 6. The van der Waals surface area contributed by atoms with Crippen LogP contribution in [0.25, 0.3) is 10.9 Å². The average Bonchev–Trinajstić information content (AvgIpc) is 3.13. The van der Waals surface area contributed by atoms with Gasteiger partial charge in [0.25, 0.3) is 0 Å². The van der Waals surface area contributed by atoms with Crippen LogP contribution in [0.15, 0.2) is 29.4 Å². The van der Waals surface area contributed by atoms with Crippen molar-refractivity contribution in [2.75, 3.05) is 25.0 Å². The molecule has 0 radical (unpaired) electrons. The number of nitrogens with one attached hydrogen (secondary N) is 2. The summed E-state index contributed by atoms with van der Waals surface area (Å²) in [4.78, 5) is 21.5. The molecule has 2 aromatic rings. The molecule has 2 N–H and O–H groups in total. The summed E-state index contributed by atoms with van der Waals surface area (Å²) < 4.78 is 5.54. The second-order valence-electron chi connectivity index (χ2n) is 6.04. The number of amides is 1. The van der Waals surface area contributed by atoms with E-state index in [2.05, 4.69) is 20.6 Å². The first-order chi connectivity index (χ1) is 12.2. The lowest BCUT2D eigenvalue weighted by Crippen LogP contribution is -2.36. The van der Waals surface area contributed by atoms with Gasteiger partial charge in [0.2, 0.25) is 5.91 Å². The molecule has 1 aromatic heterocycles. The number of fused-ring (bicyclic) bond motifs is 1. The fourth-order valence-electron chi connectivity index (χ4n) is 2.79. The van der Waals surface area contributed by atoms with Gasteiger partial charge in [0, 0.05) is 25.1 Å². The number of carbonyl (C=O) groups is 1. The van der Waals surface area contributed by atoms with Gasteiger partial charge >= 0.3 is 0 Å². The lowest BCUT2D eigenvalue weighted by Gasteiger charge is -2.15. The minimum Gasteiger partial charge on any atom is -0.376 e. The smallest absolute Gasteiger partial charge is 0.233 e. The van der Waals surface area contributed by atoms with Crippen LogP contribution >= 0.6 is 11.8 Å². The maximum Gasteiger partial charge on any atom is 0.233 e. The van der Waals surface area contributed by atoms with E-state index in [0.29, 0.717) is 11.7 Å². The third kappa shape index (κ3) is 4.61. The van der Waals surface area contributed by atoms with Gasteiger partial charge in [-0.3, -0.25) is 4.79 Å². The number of thioether (sulfide) groups is 1. The predicted molar refractivity (Wildman–Crippen MR) is 101 cm³/mol. The van der Waals surface area contributed by atoms with Crippen LogP contribution in [0.5, 0.6) is 0 Å². The number of hydrogen-bond donors (Lipinski definition) is 2. The minimum atomic E-state index is -0.267. The van der Waals surface area contributed by atoms with Crippen LogP contribution < -0.4 is 10.6 Å². The van der Waals surface area contributed by atoms with Gasteiger partial charge in [0.15, 0.2) is 5.16 Å². The Hall–Kier alpha value is -1.86. The fourth-order valence-corrected chi connectivity index (χ4v) is 3.59. The molecule has 1 fully saturated rings. The van der Waals surface area contributed by atoms with Crippen LogP contribution in [0, 0.1) is 0 Å². The Labute approximate surface area is 152 Å². The molecule has 25 heavy (non-hydrogen) atoms. The topological polar surface area (TPSA) is 76.1 Å². The first-order valence-corrected chi connectivity index (χ1v) is 9.62. The van der Waals surface area contributed by atoms with E-state index in [-0.39, 0.29) is 17.3 Å². The Morgan fingerprint density at radius 3 is 3.00 bits per heavy atom. The molecular weight excluding hydrogens is 336 g/mol. The summed E-state index contributed by atoms with van der Waals surface area (Å²) in [5.41, 5.74) is 0.878. The molecule has 3 rings (SSSR count). The van der Waals surface area contributed by atoms with Crippen molar-refractivity contribution < 1.29 is 9.53 Å². The highest BCUT2D eigenvalue weighted by Crippen LogP contribution is 2.26. The van der Waals surface area contributed by atoms with E-state index in [1.165, 1.54) is 11.8 Å². The van der Waals surface area contributed by atoms with E-state index in [9.17, 15) is 4.79 Å². The monoisotopic (exact) mass is 360 g/mol. The van der Waals surface area contributed by atoms with E-state index in [1.54, 1.807) is 0 Å². The lowest BCUT2D eigenvalue weighted by atomic mass is 10.2. The van der Waals surface area contributed by atoms with Gasteiger partial charge in [0.1, 0.15) is 5.82 Å². The summed E-state index contributed by atoms with van der Waals surface area (Å²) in [5.74, 6) is 0.796. The first-order valence-electron chi connectivity index (χ1n) is 8.74. The molecule has 0 saturated carbocycles. The van der Waals surface area contributed by atoms with E-state index in [1.807, 2.05) is 38.1 Å². The van der Waals surface area contributed by atoms with Crippen LogP contribution in [0.1, 0.15) is 26.7 Å². The molecule has 2 heterocycles. The largest absolute Gasteiger partial charge is 0.376 e. The third-order valence-electron chi connectivity index (χ3n) is 4.11. The first kappa shape index (κ1) is 17.9. The Bertz CT molecular complexity index is 734. The maximum atomic E-state index is 12.3. The maximum absolute atomic E-state index is 12.3. The number of carbonyl (C=O) groups excluding carboxylic acids is 1. The SMILES string of the molecule is CCNc1nc(S[C@H](C)C(=O)NC[C@H]2CCCO2)nc2ccccc12. The quantitative estimate of drug-likeness (QED) is 0.584. The molecule has 2 atom stereocenters. The van der Waals surface area contributed by atoms with Crippen molar-refractivity contribution in [3.63, 3.8) is 0 Å². The van der Waals surface area contributed by atoms with Crippen molar-refractivity contribution in [2.45, 2.75) is 43.2 Å². The van der Waals surface area contributed by atoms with Crippen LogP contribution in [-0.4, -0.2) is 46.9 Å². The fraction of sp³-hybridized carbons (Fsp3) is 0.500. The van der Waals surface area contributed by atoms with Crippen molar-refractivity contribution in [3.8, 4) is 0 Å². The highest BCUT2D eigenvalue weighted by atomic mass is 32.2. The van der Waals surface area contributed by atoms with Gasteiger partial charge < -0.3 is 15.4 Å². The number of anilines is 1. The molecule has 0 spiro atoms.